The molecule has 0 saturated carbocycles. The molecule has 1 unspecified atom stereocenters. The lowest BCUT2D eigenvalue weighted by Gasteiger charge is -2.12. The largest absolute Gasteiger partial charge is 0.506 e. The number of nitrogens with one attached hydrogen (secondary N) is 1. The Bertz CT molecular complexity index is 599. The molecule has 114 valence electrons. The molecule has 1 aromatic rings. The molecule has 0 bridgehead atoms. The van der Waals surface area contributed by atoms with Crippen LogP contribution in [0.3, 0.4) is 0 Å². The predicted octanol–water partition coefficient (Wildman–Crippen LogP) is 1.51. The fourth-order valence-electron chi connectivity index (χ4n) is 1.30. The smallest absolute Gasteiger partial charge is 0.234 e. The maximum absolute atomic E-state index is 9.43. The van der Waals surface area contributed by atoms with Gasteiger partial charge in [0.15, 0.2) is 0 Å². The van der Waals surface area contributed by atoms with Crippen molar-refractivity contribution in [2.24, 2.45) is 32.6 Å². The number of hydrazone groups is 1. The second kappa shape index (κ2) is 6.95. The molecule has 1 aromatic carbocycles. The van der Waals surface area contributed by atoms with Crippen LogP contribution in [0.15, 0.2) is 27.6 Å². The van der Waals surface area contributed by atoms with Crippen LogP contribution in [0, 0.1) is 5.41 Å². The minimum absolute atomic E-state index is 0.0175. The van der Waals surface area contributed by atoms with Crippen molar-refractivity contribution in [1.29, 1.82) is 5.41 Å². The van der Waals surface area contributed by atoms with Crippen LogP contribution in [0.5, 0.6) is 5.75 Å². The Morgan fingerprint density at radius 2 is 1.90 bits per heavy atom. The number of nitrogens with zero attached hydrogens (tertiary/aromatic N) is 4. The highest BCUT2D eigenvalue weighted by molar-refractivity contribution is 6.43. The lowest BCUT2D eigenvalue weighted by Crippen LogP contribution is -2.33. The first kappa shape index (κ1) is 16.8. The monoisotopic (exact) mass is 332 g/mol. The summed E-state index contributed by atoms with van der Waals surface area (Å²) in [5.74, 6) is -0.989. The number of phenolic OH excluding ortho intramolecular Hbond substituents is 1. The van der Waals surface area contributed by atoms with Crippen molar-refractivity contribution >= 4 is 35.1 Å². The van der Waals surface area contributed by atoms with Crippen LogP contribution in [0.1, 0.15) is 18.5 Å². The first-order valence-electron chi connectivity index (χ1n) is 5.55. The van der Waals surface area contributed by atoms with E-state index in [1.54, 1.807) is 13.0 Å². The van der Waals surface area contributed by atoms with Gasteiger partial charge in [-0.1, -0.05) is 34.4 Å². The molecule has 11 heteroatoms. The number of guanidine groups is 2. The van der Waals surface area contributed by atoms with E-state index in [4.69, 9.17) is 45.8 Å². The quantitative estimate of drug-likeness (QED) is 0.244. The third kappa shape index (κ3) is 4.36. The highest BCUT2D eigenvalue weighted by atomic mass is 35.5. The summed E-state index contributed by atoms with van der Waals surface area (Å²) in [6.45, 7) is 1.67. The lowest BCUT2D eigenvalue weighted by molar-refractivity contribution is 0.414. The molecule has 1 atom stereocenters. The summed E-state index contributed by atoms with van der Waals surface area (Å²) in [7, 11) is 0. The maximum atomic E-state index is 9.43. The first-order chi connectivity index (χ1) is 9.73. The van der Waals surface area contributed by atoms with Crippen molar-refractivity contribution in [2.45, 2.75) is 13.0 Å². The minimum atomic E-state index is -0.536. The Morgan fingerprint density at radius 1 is 1.29 bits per heavy atom. The van der Waals surface area contributed by atoms with E-state index < -0.39 is 12.0 Å². The third-order valence-corrected chi connectivity index (χ3v) is 3.16. The van der Waals surface area contributed by atoms with E-state index in [0.717, 1.165) is 0 Å². The summed E-state index contributed by atoms with van der Waals surface area (Å²) < 4.78 is 0. The second-order valence-corrected chi connectivity index (χ2v) is 4.64. The maximum Gasteiger partial charge on any atom is 0.234 e. The van der Waals surface area contributed by atoms with Gasteiger partial charge in [0.1, 0.15) is 10.8 Å². The Kier molecular flexibility index (Phi) is 5.56. The zero-order chi connectivity index (χ0) is 16.2. The highest BCUT2D eigenvalue weighted by Crippen LogP contribution is 2.37. The van der Waals surface area contributed by atoms with Gasteiger partial charge in [-0.15, -0.1) is 5.10 Å². The standard InChI is InChI=1S/C10H14Cl2N8O/c1-4(5-2-3-6(21)8(12)7(5)11)17-19-20(10(15)16)18-9(13)14/h2-4,21H,1H3,(H3,15,16)(H4,13,14,18). The lowest BCUT2D eigenvalue weighted by atomic mass is 10.1. The van der Waals surface area contributed by atoms with E-state index >= 15 is 0 Å². The summed E-state index contributed by atoms with van der Waals surface area (Å²) in [5, 5.41) is 28.5. The molecule has 21 heavy (non-hydrogen) atoms. The Hall–Kier alpha value is -2.26. The van der Waals surface area contributed by atoms with Gasteiger partial charge in [0.25, 0.3) is 0 Å². The highest BCUT2D eigenvalue weighted by Gasteiger charge is 2.15. The molecule has 0 radical (unpaired) electrons. The second-order valence-electron chi connectivity index (χ2n) is 3.88. The van der Waals surface area contributed by atoms with Gasteiger partial charge in [-0.05, 0) is 23.8 Å². The van der Waals surface area contributed by atoms with E-state index in [2.05, 4.69) is 15.4 Å². The normalized spacial score (nSPS) is 12.1. The van der Waals surface area contributed by atoms with Crippen molar-refractivity contribution in [3.8, 4) is 5.75 Å². The molecule has 0 amide bonds. The minimum Gasteiger partial charge on any atom is -0.506 e. The van der Waals surface area contributed by atoms with E-state index in [1.807, 2.05) is 0 Å². The van der Waals surface area contributed by atoms with E-state index in [0.29, 0.717) is 10.7 Å². The van der Waals surface area contributed by atoms with Gasteiger partial charge in [0.05, 0.1) is 11.1 Å². The zero-order valence-electron chi connectivity index (χ0n) is 11.0. The number of rotatable bonds is 4. The molecule has 8 N–H and O–H groups in total. The Balaban J connectivity index is 3.02. The number of nitrogens with two attached hydrogens (primary N) is 3. The van der Waals surface area contributed by atoms with Crippen LogP contribution in [-0.2, 0) is 0 Å². The molecule has 0 saturated heterocycles. The molecule has 0 aromatic heterocycles. The van der Waals surface area contributed by atoms with E-state index in [9.17, 15) is 5.11 Å². The summed E-state index contributed by atoms with van der Waals surface area (Å²) in [5.41, 5.74) is 16.1. The SMILES string of the molecule is CC(N=NN(N=C(N)N)C(=N)N)c1ccc(O)c(Cl)c1Cl. The van der Waals surface area contributed by atoms with Gasteiger partial charge in [-0.2, -0.15) is 5.11 Å². The molecular formula is C10H14Cl2N8O. The van der Waals surface area contributed by atoms with Crippen molar-refractivity contribution in [3.05, 3.63) is 27.7 Å². The predicted molar refractivity (Wildman–Crippen MR) is 81.0 cm³/mol. The summed E-state index contributed by atoms with van der Waals surface area (Å²) in [6.07, 6.45) is 0. The van der Waals surface area contributed by atoms with E-state index in [-0.39, 0.29) is 21.8 Å². The average molecular weight is 333 g/mol. The van der Waals surface area contributed by atoms with Crippen molar-refractivity contribution in [2.75, 3.05) is 0 Å². The molecule has 0 aliphatic rings. The van der Waals surface area contributed by atoms with Crippen LogP contribution in [0.2, 0.25) is 10.0 Å². The zero-order valence-corrected chi connectivity index (χ0v) is 12.5. The number of aromatic hydroxyl groups is 1. The fourth-order valence-corrected chi connectivity index (χ4v) is 1.79. The van der Waals surface area contributed by atoms with Gasteiger partial charge in [-0.3, -0.25) is 5.41 Å². The van der Waals surface area contributed by atoms with Crippen LogP contribution in [0.4, 0.5) is 0 Å². The first-order valence-corrected chi connectivity index (χ1v) is 6.31. The molecule has 9 nitrogen and oxygen atoms in total. The number of hydrogen-bond acceptors (Lipinski definition) is 5. The van der Waals surface area contributed by atoms with Crippen molar-refractivity contribution in [3.63, 3.8) is 0 Å². The number of hydrogen-bond donors (Lipinski definition) is 5. The molecule has 0 aliphatic carbocycles. The Labute approximate surface area is 130 Å². The van der Waals surface area contributed by atoms with Gasteiger partial charge in [0.2, 0.25) is 11.9 Å². The summed E-state index contributed by atoms with van der Waals surface area (Å²) in [4.78, 5) is 0. The van der Waals surface area contributed by atoms with Crippen molar-refractivity contribution in [1.82, 2.24) is 5.12 Å². The molecule has 0 spiro atoms. The Morgan fingerprint density at radius 3 is 2.43 bits per heavy atom. The van der Waals surface area contributed by atoms with Gasteiger partial charge < -0.3 is 22.3 Å². The van der Waals surface area contributed by atoms with Crippen LogP contribution in [0.25, 0.3) is 0 Å². The number of benzene rings is 1. The molecule has 0 aliphatic heterocycles. The average Bonchev–Trinajstić information content (AvgIpc) is 2.40. The summed E-state index contributed by atoms with van der Waals surface area (Å²) in [6, 6.07) is 2.40. The van der Waals surface area contributed by atoms with Crippen LogP contribution >= 0.6 is 23.2 Å². The number of phenols is 1. The van der Waals surface area contributed by atoms with Gasteiger partial charge in [0, 0.05) is 0 Å². The van der Waals surface area contributed by atoms with Crippen LogP contribution in [-0.4, -0.2) is 22.1 Å². The summed E-state index contributed by atoms with van der Waals surface area (Å²) >= 11 is 11.8. The third-order valence-electron chi connectivity index (χ3n) is 2.28. The molecule has 0 fully saturated rings. The number of halogens is 2. The van der Waals surface area contributed by atoms with Gasteiger partial charge in [-0.25, -0.2) is 0 Å². The van der Waals surface area contributed by atoms with Crippen molar-refractivity contribution < 1.29 is 5.11 Å². The van der Waals surface area contributed by atoms with Crippen LogP contribution < -0.4 is 17.2 Å². The molecule has 1 rings (SSSR count). The van der Waals surface area contributed by atoms with E-state index in [1.165, 1.54) is 6.07 Å². The van der Waals surface area contributed by atoms with Gasteiger partial charge >= 0.3 is 0 Å². The topological polar surface area (TPSA) is 162 Å². The molecule has 0 heterocycles. The fraction of sp³-hybridized carbons (Fsp3) is 0.200. The molecular weight excluding hydrogens is 319 g/mol.